The number of benzene rings is 4. The first kappa shape index (κ1) is 26.6. The van der Waals surface area contributed by atoms with Gasteiger partial charge in [0.2, 0.25) is 0 Å². The van der Waals surface area contributed by atoms with Gasteiger partial charge in [0.1, 0.15) is 23.9 Å². The van der Waals surface area contributed by atoms with E-state index in [-0.39, 0.29) is 6.61 Å². The van der Waals surface area contributed by atoms with Crippen LogP contribution in [0.15, 0.2) is 122 Å². The molecule has 0 amide bonds. The normalized spacial score (nSPS) is 11.8. The zero-order chi connectivity index (χ0) is 27.0. The fourth-order valence-electron chi connectivity index (χ4n) is 3.95. The third-order valence-corrected chi connectivity index (χ3v) is 6.34. The first-order valence-corrected chi connectivity index (χ1v) is 13.4. The smallest absolute Gasteiger partial charge is 0.335 e. The molecule has 192 valence electrons. The Labute approximate surface area is 222 Å². The lowest BCUT2D eigenvalue weighted by atomic mass is 9.86. The summed E-state index contributed by atoms with van der Waals surface area (Å²) in [5, 5.41) is 0. The average Bonchev–Trinajstić information content (AvgIpc) is 2.93. The molecule has 0 fully saturated rings. The molecular formula is C31H26O6S. The Balaban J connectivity index is 1.83. The van der Waals surface area contributed by atoms with Crippen LogP contribution >= 0.6 is 0 Å². The number of esters is 1. The molecule has 0 aliphatic rings. The zero-order valence-electron chi connectivity index (χ0n) is 20.5. The molecule has 0 spiro atoms. The Kier molecular flexibility index (Phi) is 8.53. The number of hydrogen-bond acceptors (Lipinski definition) is 5. The van der Waals surface area contributed by atoms with Crippen molar-refractivity contribution >= 4 is 27.2 Å². The standard InChI is InChI=1S/C31H26O6S/c1-2-29(32)37-28-19-15-26(16-20-28)31(24-11-7-4-8-12-24)30(23-9-5-3-6-10-23)25-13-17-27(18-14-25)36-21-22-38(33,34)35/h2-20H,1,21-22H2,(H,33,34,35)/b31-30+. The van der Waals surface area contributed by atoms with Crippen LogP contribution in [0, 0.1) is 0 Å². The molecule has 0 heterocycles. The maximum atomic E-state index is 11.6. The highest BCUT2D eigenvalue weighted by Crippen LogP contribution is 2.37. The van der Waals surface area contributed by atoms with Crippen LogP contribution in [0.3, 0.4) is 0 Å². The molecule has 0 atom stereocenters. The lowest BCUT2D eigenvalue weighted by Gasteiger charge is -2.18. The molecule has 6 nitrogen and oxygen atoms in total. The van der Waals surface area contributed by atoms with E-state index >= 15 is 0 Å². The lowest BCUT2D eigenvalue weighted by molar-refractivity contribution is -0.128. The van der Waals surface area contributed by atoms with Crippen molar-refractivity contribution in [3.63, 3.8) is 0 Å². The second-order valence-electron chi connectivity index (χ2n) is 8.29. The molecule has 4 aromatic carbocycles. The van der Waals surface area contributed by atoms with Crippen LogP contribution in [-0.2, 0) is 14.9 Å². The Morgan fingerprint density at radius 1 is 0.684 bits per heavy atom. The van der Waals surface area contributed by atoms with E-state index in [0.29, 0.717) is 11.5 Å². The molecule has 0 saturated carbocycles. The molecule has 0 bridgehead atoms. The molecule has 0 radical (unpaired) electrons. The Morgan fingerprint density at radius 2 is 1.11 bits per heavy atom. The van der Waals surface area contributed by atoms with Crippen LogP contribution in [0.1, 0.15) is 22.3 Å². The number of carbonyl (C=O) groups excluding carboxylic acids is 1. The van der Waals surface area contributed by atoms with E-state index in [1.54, 1.807) is 24.3 Å². The molecule has 0 aliphatic heterocycles. The predicted octanol–water partition coefficient (Wildman–Crippen LogP) is 6.05. The summed E-state index contributed by atoms with van der Waals surface area (Å²) in [7, 11) is -4.10. The van der Waals surface area contributed by atoms with Crippen LogP contribution in [0.2, 0.25) is 0 Å². The predicted molar refractivity (Wildman–Crippen MR) is 149 cm³/mol. The van der Waals surface area contributed by atoms with Gasteiger partial charge in [0, 0.05) is 6.08 Å². The molecular weight excluding hydrogens is 500 g/mol. The molecule has 38 heavy (non-hydrogen) atoms. The summed E-state index contributed by atoms with van der Waals surface area (Å²) < 4.78 is 41.7. The number of rotatable bonds is 10. The maximum absolute atomic E-state index is 11.6. The van der Waals surface area contributed by atoms with Gasteiger partial charge in [-0.25, -0.2) is 4.79 Å². The second-order valence-corrected chi connectivity index (χ2v) is 9.86. The molecule has 4 rings (SSSR count). The van der Waals surface area contributed by atoms with Gasteiger partial charge in [-0.05, 0) is 57.7 Å². The average molecular weight is 527 g/mol. The third-order valence-electron chi connectivity index (χ3n) is 5.66. The van der Waals surface area contributed by atoms with Crippen molar-refractivity contribution in [3.05, 3.63) is 144 Å². The summed E-state index contributed by atoms with van der Waals surface area (Å²) in [5.41, 5.74) is 5.76. The van der Waals surface area contributed by atoms with E-state index in [9.17, 15) is 13.2 Å². The van der Waals surface area contributed by atoms with Gasteiger partial charge in [-0.3, -0.25) is 4.55 Å². The molecule has 7 heteroatoms. The highest BCUT2D eigenvalue weighted by molar-refractivity contribution is 7.85. The number of hydrogen-bond donors (Lipinski definition) is 1. The molecule has 0 aromatic heterocycles. The summed E-state index contributed by atoms with van der Waals surface area (Å²) in [6, 6.07) is 34.6. The van der Waals surface area contributed by atoms with E-state index in [1.165, 1.54) is 0 Å². The van der Waals surface area contributed by atoms with E-state index < -0.39 is 21.8 Å². The molecule has 1 N–H and O–H groups in total. The van der Waals surface area contributed by atoms with Crippen molar-refractivity contribution in [2.24, 2.45) is 0 Å². The van der Waals surface area contributed by atoms with E-state index in [2.05, 4.69) is 6.58 Å². The van der Waals surface area contributed by atoms with Crippen LogP contribution in [0.5, 0.6) is 11.5 Å². The summed E-state index contributed by atoms with van der Waals surface area (Å²) in [4.78, 5) is 11.6. The first-order chi connectivity index (χ1) is 18.3. The maximum Gasteiger partial charge on any atom is 0.335 e. The summed E-state index contributed by atoms with van der Waals surface area (Å²) in [6.45, 7) is 3.28. The van der Waals surface area contributed by atoms with E-state index in [1.807, 2.05) is 84.9 Å². The van der Waals surface area contributed by atoms with Crippen molar-refractivity contribution in [2.75, 3.05) is 12.4 Å². The minimum Gasteiger partial charge on any atom is -0.492 e. The van der Waals surface area contributed by atoms with Gasteiger partial charge in [0.25, 0.3) is 10.1 Å². The zero-order valence-corrected chi connectivity index (χ0v) is 21.3. The van der Waals surface area contributed by atoms with E-state index in [4.69, 9.17) is 14.0 Å². The van der Waals surface area contributed by atoms with Crippen LogP contribution in [0.4, 0.5) is 0 Å². The summed E-state index contributed by atoms with van der Waals surface area (Å²) >= 11 is 0. The first-order valence-electron chi connectivity index (χ1n) is 11.8. The third kappa shape index (κ3) is 7.06. The fraction of sp³-hybridized carbons (Fsp3) is 0.0645. The second kappa shape index (κ2) is 12.2. The van der Waals surface area contributed by atoms with Crippen molar-refractivity contribution in [1.29, 1.82) is 0 Å². The van der Waals surface area contributed by atoms with Gasteiger partial charge >= 0.3 is 5.97 Å². The lowest BCUT2D eigenvalue weighted by Crippen LogP contribution is -2.12. The van der Waals surface area contributed by atoms with Gasteiger partial charge in [0.15, 0.2) is 0 Å². The Morgan fingerprint density at radius 3 is 1.53 bits per heavy atom. The molecule has 0 unspecified atom stereocenters. The van der Waals surface area contributed by atoms with Crippen LogP contribution < -0.4 is 9.47 Å². The highest BCUT2D eigenvalue weighted by Gasteiger charge is 2.17. The van der Waals surface area contributed by atoms with Gasteiger partial charge in [-0.2, -0.15) is 8.42 Å². The topological polar surface area (TPSA) is 89.9 Å². The van der Waals surface area contributed by atoms with Crippen LogP contribution in [0.25, 0.3) is 11.1 Å². The minimum atomic E-state index is -4.10. The minimum absolute atomic E-state index is 0.155. The largest absolute Gasteiger partial charge is 0.492 e. The van der Waals surface area contributed by atoms with Crippen molar-refractivity contribution < 1.29 is 27.2 Å². The van der Waals surface area contributed by atoms with Gasteiger partial charge in [0.05, 0.1) is 0 Å². The SMILES string of the molecule is C=CC(=O)Oc1ccc(/C(=C(\c2ccccc2)c2ccc(OCCS(=O)(=O)O)cc2)c2ccccc2)cc1. The Hall–Kier alpha value is -4.46. The van der Waals surface area contributed by atoms with Crippen LogP contribution in [-0.4, -0.2) is 31.3 Å². The van der Waals surface area contributed by atoms with Gasteiger partial charge < -0.3 is 9.47 Å². The van der Waals surface area contributed by atoms with Gasteiger partial charge in [-0.15, -0.1) is 0 Å². The number of ether oxygens (including phenoxy) is 2. The fourth-order valence-corrected chi connectivity index (χ4v) is 4.24. The van der Waals surface area contributed by atoms with Crippen molar-refractivity contribution in [1.82, 2.24) is 0 Å². The van der Waals surface area contributed by atoms with Gasteiger partial charge in [-0.1, -0.05) is 91.5 Å². The van der Waals surface area contributed by atoms with Crippen molar-refractivity contribution in [3.8, 4) is 11.5 Å². The quantitative estimate of drug-likeness (QED) is 0.0889. The summed E-state index contributed by atoms with van der Waals surface area (Å²) in [6.07, 6.45) is 1.12. The molecule has 4 aromatic rings. The number of carbonyl (C=O) groups is 1. The highest BCUT2D eigenvalue weighted by atomic mass is 32.2. The van der Waals surface area contributed by atoms with Crippen molar-refractivity contribution in [2.45, 2.75) is 0 Å². The van der Waals surface area contributed by atoms with E-state index in [0.717, 1.165) is 39.5 Å². The molecule has 0 aliphatic carbocycles. The monoisotopic (exact) mass is 526 g/mol. The summed E-state index contributed by atoms with van der Waals surface area (Å²) in [5.74, 6) is -0.112. The Bertz CT molecular complexity index is 1520. The molecule has 0 saturated heterocycles.